The largest absolute Gasteiger partial charge is 0.454 e. The summed E-state index contributed by atoms with van der Waals surface area (Å²) in [4.78, 5) is 40.5. The molecule has 0 unspecified atom stereocenters. The molecule has 1 fully saturated rings. The molecule has 4 rings (SSSR count). The number of carbonyl (C=O) groups excluding carboxylic acids is 3. The summed E-state index contributed by atoms with van der Waals surface area (Å²) in [5.41, 5.74) is 7.23. The van der Waals surface area contributed by atoms with Gasteiger partial charge in [0.15, 0.2) is 11.5 Å². The van der Waals surface area contributed by atoms with Crippen LogP contribution in [0.2, 0.25) is 0 Å². The fourth-order valence-electron chi connectivity index (χ4n) is 3.48. The number of imide groups is 1. The molecule has 0 saturated carbocycles. The predicted molar refractivity (Wildman–Crippen MR) is 108 cm³/mol. The van der Waals surface area contributed by atoms with Gasteiger partial charge < -0.3 is 20.1 Å². The van der Waals surface area contributed by atoms with Gasteiger partial charge in [0.1, 0.15) is 0 Å². The Hall–Kier alpha value is -3.59. The topological polar surface area (TPSA) is 114 Å². The van der Waals surface area contributed by atoms with Crippen LogP contribution in [-0.2, 0) is 16.1 Å². The highest BCUT2D eigenvalue weighted by Gasteiger charge is 2.28. The van der Waals surface area contributed by atoms with Gasteiger partial charge in [-0.3, -0.25) is 24.6 Å². The van der Waals surface area contributed by atoms with Crippen molar-refractivity contribution in [2.75, 3.05) is 38.7 Å². The van der Waals surface area contributed by atoms with Gasteiger partial charge in [0.05, 0.1) is 5.56 Å². The van der Waals surface area contributed by atoms with Crippen molar-refractivity contribution in [1.29, 1.82) is 0 Å². The average molecular weight is 410 g/mol. The van der Waals surface area contributed by atoms with E-state index in [-0.39, 0.29) is 18.0 Å². The Bertz CT molecular complexity index is 985. The third kappa shape index (κ3) is 4.20. The van der Waals surface area contributed by atoms with E-state index in [1.54, 1.807) is 18.2 Å². The van der Waals surface area contributed by atoms with E-state index >= 15 is 0 Å². The number of rotatable bonds is 3. The number of para-hydroxylation sites is 1. The second-order valence-corrected chi connectivity index (χ2v) is 7.13. The van der Waals surface area contributed by atoms with Crippen LogP contribution >= 0.6 is 0 Å². The fraction of sp³-hybridized carbons (Fsp3) is 0.286. The van der Waals surface area contributed by atoms with Gasteiger partial charge in [-0.2, -0.15) is 0 Å². The Labute approximate surface area is 173 Å². The van der Waals surface area contributed by atoms with Gasteiger partial charge >= 0.3 is 11.8 Å². The van der Waals surface area contributed by atoms with Crippen molar-refractivity contribution in [2.45, 2.75) is 6.54 Å². The number of hydrogen-bond acceptors (Lipinski definition) is 7. The number of nitrogen functional groups attached to an aromatic ring is 1. The average Bonchev–Trinajstić information content (AvgIpc) is 3.22. The summed E-state index contributed by atoms with van der Waals surface area (Å²) >= 11 is 0. The number of nitrogens with one attached hydrogen (secondary N) is 1. The molecule has 3 N–H and O–H groups in total. The lowest BCUT2D eigenvalue weighted by atomic mass is 10.1. The molecular weight excluding hydrogens is 388 g/mol. The molecule has 0 radical (unpaired) electrons. The van der Waals surface area contributed by atoms with Crippen molar-refractivity contribution >= 4 is 23.4 Å². The Morgan fingerprint density at radius 1 is 0.967 bits per heavy atom. The van der Waals surface area contributed by atoms with E-state index in [4.69, 9.17) is 15.2 Å². The first-order chi connectivity index (χ1) is 14.5. The molecule has 0 atom stereocenters. The summed E-state index contributed by atoms with van der Waals surface area (Å²) in [7, 11) is 0. The smallest absolute Gasteiger partial charge is 0.316 e. The highest BCUT2D eigenvalue weighted by atomic mass is 16.7. The molecule has 2 heterocycles. The summed E-state index contributed by atoms with van der Waals surface area (Å²) in [6.07, 6.45) is 0. The highest BCUT2D eigenvalue weighted by molar-refractivity contribution is 6.38. The number of piperazine rings is 1. The first-order valence-corrected chi connectivity index (χ1v) is 9.61. The van der Waals surface area contributed by atoms with Gasteiger partial charge in [-0.1, -0.05) is 18.2 Å². The van der Waals surface area contributed by atoms with Gasteiger partial charge in [0, 0.05) is 38.4 Å². The molecule has 30 heavy (non-hydrogen) atoms. The molecule has 0 aliphatic carbocycles. The molecule has 9 heteroatoms. The van der Waals surface area contributed by atoms with Crippen LogP contribution in [0.4, 0.5) is 5.69 Å². The van der Waals surface area contributed by atoms with Crippen LogP contribution in [0.1, 0.15) is 15.9 Å². The molecule has 9 nitrogen and oxygen atoms in total. The number of ether oxygens (including phenoxy) is 2. The Kier molecular flexibility index (Phi) is 5.53. The molecule has 0 bridgehead atoms. The number of hydrogen-bond donors (Lipinski definition) is 2. The van der Waals surface area contributed by atoms with Gasteiger partial charge in [-0.25, -0.2) is 0 Å². The summed E-state index contributed by atoms with van der Waals surface area (Å²) in [6.45, 7) is 2.98. The number of anilines is 1. The standard InChI is InChI=1S/C21H22N4O5/c22-16-4-2-1-3-15(16)19(26)23-20(27)21(28)25-9-7-24(8-10-25)12-14-5-6-17-18(11-14)30-13-29-17/h1-6,11H,7-10,12-13,22H2,(H,23,26,27). The second kappa shape index (κ2) is 8.42. The highest BCUT2D eigenvalue weighted by Crippen LogP contribution is 2.32. The number of nitrogens with zero attached hydrogens (tertiary/aromatic N) is 2. The molecular formula is C21H22N4O5. The van der Waals surface area contributed by atoms with Gasteiger partial charge in [0.25, 0.3) is 5.91 Å². The van der Waals surface area contributed by atoms with Crippen molar-refractivity contribution in [3.8, 4) is 11.5 Å². The van der Waals surface area contributed by atoms with Crippen LogP contribution in [-0.4, -0.2) is 60.5 Å². The maximum absolute atomic E-state index is 12.4. The van der Waals surface area contributed by atoms with E-state index in [9.17, 15) is 14.4 Å². The molecule has 2 aliphatic rings. The summed E-state index contributed by atoms with van der Waals surface area (Å²) < 4.78 is 10.7. The summed E-state index contributed by atoms with van der Waals surface area (Å²) in [6, 6.07) is 12.2. The van der Waals surface area contributed by atoms with Crippen molar-refractivity contribution in [3.63, 3.8) is 0 Å². The molecule has 156 valence electrons. The van der Waals surface area contributed by atoms with Crippen molar-refractivity contribution < 1.29 is 23.9 Å². The zero-order valence-corrected chi connectivity index (χ0v) is 16.3. The van der Waals surface area contributed by atoms with Crippen LogP contribution in [0.3, 0.4) is 0 Å². The molecule has 0 spiro atoms. The summed E-state index contributed by atoms with van der Waals surface area (Å²) in [5, 5.41) is 2.12. The van der Waals surface area contributed by atoms with Gasteiger partial charge in [-0.15, -0.1) is 0 Å². The lowest BCUT2D eigenvalue weighted by Gasteiger charge is -2.34. The van der Waals surface area contributed by atoms with Gasteiger partial charge in [0.2, 0.25) is 6.79 Å². The van der Waals surface area contributed by atoms with Crippen LogP contribution in [0.15, 0.2) is 42.5 Å². The Morgan fingerprint density at radius 3 is 2.47 bits per heavy atom. The zero-order valence-electron chi connectivity index (χ0n) is 16.3. The van der Waals surface area contributed by atoms with E-state index in [0.717, 1.165) is 17.1 Å². The second-order valence-electron chi connectivity index (χ2n) is 7.13. The lowest BCUT2D eigenvalue weighted by molar-refractivity contribution is -0.146. The SMILES string of the molecule is Nc1ccccc1C(=O)NC(=O)C(=O)N1CCN(Cc2ccc3c(c2)OCO3)CC1. The Balaban J connectivity index is 1.28. The van der Waals surface area contributed by atoms with Crippen LogP contribution in [0, 0.1) is 0 Å². The third-order valence-corrected chi connectivity index (χ3v) is 5.13. The van der Waals surface area contributed by atoms with E-state index in [2.05, 4.69) is 10.2 Å². The quantitative estimate of drug-likeness (QED) is 0.563. The van der Waals surface area contributed by atoms with Gasteiger partial charge in [-0.05, 0) is 29.8 Å². The van der Waals surface area contributed by atoms with Crippen LogP contribution in [0.25, 0.3) is 0 Å². The van der Waals surface area contributed by atoms with E-state index < -0.39 is 17.7 Å². The van der Waals surface area contributed by atoms with E-state index in [1.165, 1.54) is 11.0 Å². The lowest BCUT2D eigenvalue weighted by Crippen LogP contribution is -2.53. The number of carbonyl (C=O) groups is 3. The molecule has 0 aromatic heterocycles. The minimum absolute atomic E-state index is 0.159. The maximum atomic E-state index is 12.4. The summed E-state index contributed by atoms with van der Waals surface area (Å²) in [5.74, 6) is -0.880. The van der Waals surface area contributed by atoms with Crippen molar-refractivity contribution in [1.82, 2.24) is 15.1 Å². The van der Waals surface area contributed by atoms with Crippen molar-refractivity contribution in [2.24, 2.45) is 0 Å². The minimum Gasteiger partial charge on any atom is -0.454 e. The third-order valence-electron chi connectivity index (χ3n) is 5.13. The fourth-order valence-corrected chi connectivity index (χ4v) is 3.48. The molecule has 3 amide bonds. The number of fused-ring (bicyclic) bond motifs is 1. The van der Waals surface area contributed by atoms with E-state index in [0.29, 0.717) is 32.7 Å². The van der Waals surface area contributed by atoms with Crippen LogP contribution in [0.5, 0.6) is 11.5 Å². The molecule has 1 saturated heterocycles. The zero-order chi connectivity index (χ0) is 21.1. The number of amides is 3. The maximum Gasteiger partial charge on any atom is 0.316 e. The monoisotopic (exact) mass is 410 g/mol. The normalized spacial score (nSPS) is 15.7. The predicted octanol–water partition coefficient (Wildman–Crippen LogP) is 0.598. The van der Waals surface area contributed by atoms with Crippen molar-refractivity contribution in [3.05, 3.63) is 53.6 Å². The first kappa shape index (κ1) is 19.7. The molecule has 2 aromatic rings. The molecule has 2 aliphatic heterocycles. The Morgan fingerprint density at radius 2 is 1.70 bits per heavy atom. The molecule has 2 aromatic carbocycles. The minimum atomic E-state index is -0.951. The van der Waals surface area contributed by atoms with Crippen LogP contribution < -0.4 is 20.5 Å². The van der Waals surface area contributed by atoms with E-state index in [1.807, 2.05) is 18.2 Å². The number of nitrogens with two attached hydrogens (primary N) is 1. The first-order valence-electron chi connectivity index (χ1n) is 9.61. The number of benzene rings is 2.